The number of carbonyl (C=O) groups excluding carboxylic acids is 1. The molecule has 2 aromatic rings. The molecule has 0 bridgehead atoms. The van der Waals surface area contributed by atoms with Crippen LogP contribution >= 0.6 is 11.6 Å². The number of likely N-dealkylation sites (tertiary alicyclic amines) is 1. The van der Waals surface area contributed by atoms with Crippen molar-refractivity contribution in [2.45, 2.75) is 32.2 Å². The van der Waals surface area contributed by atoms with Crippen molar-refractivity contribution >= 4 is 17.5 Å². The number of hydrogen-bond donors (Lipinski definition) is 0. The second kappa shape index (κ2) is 8.19. The van der Waals surface area contributed by atoms with E-state index < -0.39 is 0 Å². The molecule has 2 heterocycles. The SMILES string of the molecule is Cc1ccc(C(=O)N(C)C)c(C2CCN(Cc3cccc(Cl)c3)CC2)n1. The zero-order valence-corrected chi connectivity index (χ0v) is 16.5. The highest BCUT2D eigenvalue weighted by molar-refractivity contribution is 6.30. The van der Waals surface area contributed by atoms with E-state index in [1.165, 1.54) is 5.56 Å². The first kappa shape index (κ1) is 18.9. The largest absolute Gasteiger partial charge is 0.345 e. The Bertz CT molecular complexity index is 783. The number of rotatable bonds is 4. The van der Waals surface area contributed by atoms with Crippen LogP contribution in [0.5, 0.6) is 0 Å². The predicted octanol–water partition coefficient (Wildman–Crippen LogP) is 4.12. The quantitative estimate of drug-likeness (QED) is 0.810. The smallest absolute Gasteiger partial charge is 0.255 e. The van der Waals surface area contributed by atoms with Gasteiger partial charge in [0.1, 0.15) is 0 Å². The lowest BCUT2D eigenvalue weighted by molar-refractivity contribution is 0.0824. The number of aromatic nitrogens is 1. The Labute approximate surface area is 160 Å². The first-order chi connectivity index (χ1) is 12.4. The molecule has 1 aromatic carbocycles. The zero-order valence-electron chi connectivity index (χ0n) is 15.7. The summed E-state index contributed by atoms with van der Waals surface area (Å²) in [6.45, 7) is 4.91. The minimum atomic E-state index is 0.0360. The first-order valence-electron chi connectivity index (χ1n) is 9.10. The Morgan fingerprint density at radius 1 is 1.23 bits per heavy atom. The summed E-state index contributed by atoms with van der Waals surface area (Å²) in [5, 5.41) is 0.785. The third kappa shape index (κ3) is 4.43. The van der Waals surface area contributed by atoms with Crippen molar-refractivity contribution in [3.05, 3.63) is 63.9 Å². The number of hydrogen-bond acceptors (Lipinski definition) is 3. The van der Waals surface area contributed by atoms with Crippen LogP contribution in [-0.4, -0.2) is 47.9 Å². The van der Waals surface area contributed by atoms with Gasteiger partial charge in [-0.25, -0.2) is 0 Å². The second-order valence-corrected chi connectivity index (χ2v) is 7.70. The highest BCUT2D eigenvalue weighted by Gasteiger charge is 2.26. The number of piperidine rings is 1. The van der Waals surface area contributed by atoms with Crippen LogP contribution < -0.4 is 0 Å². The van der Waals surface area contributed by atoms with Crippen LogP contribution in [0.1, 0.15) is 46.1 Å². The van der Waals surface area contributed by atoms with Gasteiger partial charge in [-0.1, -0.05) is 23.7 Å². The van der Waals surface area contributed by atoms with Crippen LogP contribution in [-0.2, 0) is 6.54 Å². The van der Waals surface area contributed by atoms with Crippen LogP contribution in [0.15, 0.2) is 36.4 Å². The van der Waals surface area contributed by atoms with Gasteiger partial charge in [-0.3, -0.25) is 14.7 Å². The molecule has 1 aromatic heterocycles. The fraction of sp³-hybridized carbons (Fsp3) is 0.429. The fourth-order valence-electron chi connectivity index (χ4n) is 3.57. The van der Waals surface area contributed by atoms with Crippen molar-refractivity contribution in [3.8, 4) is 0 Å². The van der Waals surface area contributed by atoms with Crippen molar-refractivity contribution < 1.29 is 4.79 Å². The van der Waals surface area contributed by atoms with Gasteiger partial charge in [-0.05, 0) is 62.7 Å². The number of aryl methyl sites for hydroxylation is 1. The lowest BCUT2D eigenvalue weighted by atomic mass is 9.89. The molecule has 3 rings (SSSR count). The average molecular weight is 372 g/mol. The Morgan fingerprint density at radius 3 is 2.62 bits per heavy atom. The molecule has 1 amide bonds. The van der Waals surface area contributed by atoms with E-state index in [1.807, 2.05) is 37.3 Å². The first-order valence-corrected chi connectivity index (χ1v) is 9.48. The van der Waals surface area contributed by atoms with Crippen molar-refractivity contribution in [2.75, 3.05) is 27.2 Å². The molecule has 1 saturated heterocycles. The second-order valence-electron chi connectivity index (χ2n) is 7.27. The molecule has 4 nitrogen and oxygen atoms in total. The summed E-state index contributed by atoms with van der Waals surface area (Å²) < 4.78 is 0. The normalized spacial score (nSPS) is 15.8. The van der Waals surface area contributed by atoms with Gasteiger partial charge in [-0.15, -0.1) is 0 Å². The van der Waals surface area contributed by atoms with Gasteiger partial charge in [0.15, 0.2) is 0 Å². The molecule has 0 saturated carbocycles. The van der Waals surface area contributed by atoms with Gasteiger partial charge in [0.25, 0.3) is 5.91 Å². The molecular formula is C21H26ClN3O. The molecule has 138 valence electrons. The van der Waals surface area contributed by atoms with Gasteiger partial charge >= 0.3 is 0 Å². The van der Waals surface area contributed by atoms with E-state index in [0.29, 0.717) is 5.92 Å². The van der Waals surface area contributed by atoms with E-state index in [4.69, 9.17) is 16.6 Å². The maximum atomic E-state index is 12.5. The van der Waals surface area contributed by atoms with E-state index in [1.54, 1.807) is 19.0 Å². The van der Waals surface area contributed by atoms with Crippen molar-refractivity contribution in [3.63, 3.8) is 0 Å². The Kier molecular flexibility index (Phi) is 5.94. The summed E-state index contributed by atoms with van der Waals surface area (Å²) in [5.74, 6) is 0.373. The summed E-state index contributed by atoms with van der Waals surface area (Å²) in [6, 6.07) is 11.9. The van der Waals surface area contributed by atoms with Gasteiger partial charge in [0, 0.05) is 37.3 Å². The molecule has 0 spiro atoms. The third-order valence-corrected chi connectivity index (χ3v) is 5.21. The number of carbonyl (C=O) groups is 1. The molecular weight excluding hydrogens is 346 g/mol. The number of halogens is 1. The van der Waals surface area contributed by atoms with E-state index in [0.717, 1.165) is 54.4 Å². The van der Waals surface area contributed by atoms with E-state index in [9.17, 15) is 4.79 Å². The molecule has 26 heavy (non-hydrogen) atoms. The van der Waals surface area contributed by atoms with Crippen molar-refractivity contribution in [1.29, 1.82) is 0 Å². The summed E-state index contributed by atoms with van der Waals surface area (Å²) in [4.78, 5) is 21.3. The lowest BCUT2D eigenvalue weighted by Crippen LogP contribution is -2.34. The minimum absolute atomic E-state index is 0.0360. The summed E-state index contributed by atoms with van der Waals surface area (Å²) >= 11 is 6.09. The molecule has 0 unspecified atom stereocenters. The van der Waals surface area contributed by atoms with E-state index in [-0.39, 0.29) is 5.91 Å². The van der Waals surface area contributed by atoms with Gasteiger partial charge < -0.3 is 4.90 Å². The summed E-state index contributed by atoms with van der Waals surface area (Å²) in [7, 11) is 3.58. The van der Waals surface area contributed by atoms with Crippen LogP contribution in [0.25, 0.3) is 0 Å². The van der Waals surface area contributed by atoms with Gasteiger partial charge in [0.05, 0.1) is 11.3 Å². The van der Waals surface area contributed by atoms with Gasteiger partial charge in [0.2, 0.25) is 0 Å². The maximum absolute atomic E-state index is 12.5. The minimum Gasteiger partial charge on any atom is -0.345 e. The average Bonchev–Trinajstić information content (AvgIpc) is 2.62. The molecule has 0 aliphatic carbocycles. The van der Waals surface area contributed by atoms with Crippen LogP contribution in [0.2, 0.25) is 5.02 Å². The molecule has 1 aliphatic heterocycles. The van der Waals surface area contributed by atoms with Crippen LogP contribution in [0.3, 0.4) is 0 Å². The topological polar surface area (TPSA) is 36.4 Å². The van der Waals surface area contributed by atoms with E-state index in [2.05, 4.69) is 11.0 Å². The fourth-order valence-corrected chi connectivity index (χ4v) is 3.78. The Morgan fingerprint density at radius 2 is 1.96 bits per heavy atom. The monoisotopic (exact) mass is 371 g/mol. The van der Waals surface area contributed by atoms with E-state index >= 15 is 0 Å². The lowest BCUT2D eigenvalue weighted by Gasteiger charge is -2.32. The number of benzene rings is 1. The van der Waals surface area contributed by atoms with Crippen LogP contribution in [0.4, 0.5) is 0 Å². The molecule has 0 radical (unpaired) electrons. The Hall–Kier alpha value is -1.91. The van der Waals surface area contributed by atoms with Crippen molar-refractivity contribution in [2.24, 2.45) is 0 Å². The van der Waals surface area contributed by atoms with Gasteiger partial charge in [-0.2, -0.15) is 0 Å². The standard InChI is InChI=1S/C21H26ClN3O/c1-15-7-8-19(21(26)24(2)3)20(23-15)17-9-11-25(12-10-17)14-16-5-4-6-18(22)13-16/h4-8,13,17H,9-12,14H2,1-3H3. The molecule has 1 fully saturated rings. The molecule has 1 aliphatic rings. The summed E-state index contributed by atoms with van der Waals surface area (Å²) in [6.07, 6.45) is 2.04. The highest BCUT2D eigenvalue weighted by Crippen LogP contribution is 2.30. The zero-order chi connectivity index (χ0) is 18.7. The molecule has 0 atom stereocenters. The number of amides is 1. The summed E-state index contributed by atoms with van der Waals surface area (Å²) in [5.41, 5.74) is 3.92. The maximum Gasteiger partial charge on any atom is 0.255 e. The number of pyridine rings is 1. The highest BCUT2D eigenvalue weighted by atomic mass is 35.5. The third-order valence-electron chi connectivity index (χ3n) is 4.97. The predicted molar refractivity (Wildman–Crippen MR) is 106 cm³/mol. The van der Waals surface area contributed by atoms with Crippen LogP contribution in [0, 0.1) is 6.92 Å². The number of nitrogens with zero attached hydrogens (tertiary/aromatic N) is 3. The van der Waals surface area contributed by atoms with Crippen molar-refractivity contribution in [1.82, 2.24) is 14.8 Å². The molecule has 5 heteroatoms. The Balaban J connectivity index is 1.70. The molecule has 0 N–H and O–H groups in total.